The zero-order valence-corrected chi connectivity index (χ0v) is 17.8. The van der Waals surface area contributed by atoms with E-state index in [1.165, 1.54) is 6.92 Å². The van der Waals surface area contributed by atoms with Gasteiger partial charge in [-0.15, -0.1) is 0 Å². The summed E-state index contributed by atoms with van der Waals surface area (Å²) in [6.07, 6.45) is -0.0184. The molecule has 0 rings (SSSR count). The lowest BCUT2D eigenvalue weighted by Gasteiger charge is -2.23. The smallest absolute Gasteiger partial charge is 0.326 e. The fourth-order valence-corrected chi connectivity index (χ4v) is 2.53. The van der Waals surface area contributed by atoms with E-state index in [2.05, 4.69) is 16.0 Å². The number of carboxylic acids is 2. The fraction of sp³-hybridized carbons (Fsp3) is 0.667. The van der Waals surface area contributed by atoms with Gasteiger partial charge in [0.15, 0.2) is 0 Å². The number of unbranched alkanes of at least 4 members (excludes halogenated alkanes) is 1. The summed E-state index contributed by atoms with van der Waals surface area (Å²) in [5, 5.41) is 24.6. The van der Waals surface area contributed by atoms with Gasteiger partial charge in [0.1, 0.15) is 18.1 Å². The van der Waals surface area contributed by atoms with Crippen molar-refractivity contribution >= 4 is 35.6 Å². The SMILES string of the molecule is CC(NC(=O)C(N)CCC(=O)O)C(=O)NC(CC(N)=O)C(=O)NC(CCCCN)C(=O)O. The summed E-state index contributed by atoms with van der Waals surface area (Å²) in [7, 11) is 0. The minimum Gasteiger partial charge on any atom is -0.481 e. The Balaban J connectivity index is 5.05. The maximum atomic E-state index is 12.5. The Hall–Kier alpha value is -3.26. The third-order valence-electron chi connectivity index (χ3n) is 4.36. The number of hydrogen-bond donors (Lipinski definition) is 8. The summed E-state index contributed by atoms with van der Waals surface area (Å²) in [6, 6.07) is -5.10. The minimum absolute atomic E-state index is 0.0935. The van der Waals surface area contributed by atoms with E-state index in [0.717, 1.165) is 0 Å². The third-order valence-corrected chi connectivity index (χ3v) is 4.36. The first-order chi connectivity index (χ1) is 14.9. The normalized spacial score (nSPS) is 14.3. The van der Waals surface area contributed by atoms with Crippen LogP contribution in [0.2, 0.25) is 0 Å². The average Bonchev–Trinajstić information content (AvgIpc) is 2.69. The molecule has 4 amide bonds. The van der Waals surface area contributed by atoms with Crippen molar-refractivity contribution in [2.24, 2.45) is 17.2 Å². The molecular formula is C18H32N6O8. The summed E-state index contributed by atoms with van der Waals surface area (Å²) in [5.41, 5.74) is 16.0. The predicted molar refractivity (Wildman–Crippen MR) is 111 cm³/mol. The highest BCUT2D eigenvalue weighted by atomic mass is 16.4. The molecule has 0 heterocycles. The number of nitrogens with two attached hydrogens (primary N) is 3. The molecule has 0 saturated carbocycles. The number of primary amides is 1. The van der Waals surface area contributed by atoms with Crippen molar-refractivity contribution in [3.63, 3.8) is 0 Å². The van der Waals surface area contributed by atoms with Crippen LogP contribution in [-0.2, 0) is 28.8 Å². The second kappa shape index (κ2) is 14.7. The van der Waals surface area contributed by atoms with Crippen molar-refractivity contribution in [1.29, 1.82) is 0 Å². The van der Waals surface area contributed by atoms with Gasteiger partial charge in [0.05, 0.1) is 12.5 Å². The largest absolute Gasteiger partial charge is 0.481 e. The Kier molecular flexibility index (Phi) is 13.2. The van der Waals surface area contributed by atoms with Crippen molar-refractivity contribution in [2.75, 3.05) is 6.54 Å². The summed E-state index contributed by atoms with van der Waals surface area (Å²) < 4.78 is 0. The molecule has 0 bridgehead atoms. The van der Waals surface area contributed by atoms with E-state index in [9.17, 15) is 33.9 Å². The highest BCUT2D eigenvalue weighted by molar-refractivity contribution is 5.96. The highest BCUT2D eigenvalue weighted by Gasteiger charge is 2.29. The van der Waals surface area contributed by atoms with Gasteiger partial charge in [0, 0.05) is 6.42 Å². The molecule has 0 aliphatic rings. The number of nitrogens with one attached hydrogen (secondary N) is 3. The highest BCUT2D eigenvalue weighted by Crippen LogP contribution is 2.03. The van der Waals surface area contributed by atoms with Gasteiger partial charge in [0.25, 0.3) is 0 Å². The number of carbonyl (C=O) groups excluding carboxylic acids is 4. The Morgan fingerprint density at radius 1 is 0.844 bits per heavy atom. The molecule has 0 aliphatic heterocycles. The van der Waals surface area contributed by atoms with Gasteiger partial charge in [-0.05, 0) is 39.2 Å². The second-order valence-electron chi connectivity index (χ2n) is 7.18. The summed E-state index contributed by atoms with van der Waals surface area (Å²) in [4.78, 5) is 70.1. The van der Waals surface area contributed by atoms with Crippen LogP contribution in [0.25, 0.3) is 0 Å². The van der Waals surface area contributed by atoms with E-state index in [1.54, 1.807) is 0 Å². The number of aliphatic carboxylic acids is 2. The molecule has 0 aromatic rings. The van der Waals surface area contributed by atoms with Gasteiger partial charge < -0.3 is 43.4 Å². The van der Waals surface area contributed by atoms with Crippen LogP contribution in [0, 0.1) is 0 Å². The van der Waals surface area contributed by atoms with Crippen molar-refractivity contribution in [2.45, 2.75) is 69.6 Å². The Morgan fingerprint density at radius 2 is 1.44 bits per heavy atom. The van der Waals surface area contributed by atoms with Crippen LogP contribution >= 0.6 is 0 Å². The van der Waals surface area contributed by atoms with Gasteiger partial charge in [0.2, 0.25) is 23.6 Å². The third kappa shape index (κ3) is 11.8. The van der Waals surface area contributed by atoms with Gasteiger partial charge in [-0.1, -0.05) is 0 Å². The molecule has 182 valence electrons. The van der Waals surface area contributed by atoms with E-state index < -0.39 is 66.2 Å². The molecule has 0 radical (unpaired) electrons. The minimum atomic E-state index is -1.48. The molecule has 0 aromatic carbocycles. The maximum Gasteiger partial charge on any atom is 0.326 e. The van der Waals surface area contributed by atoms with Crippen molar-refractivity contribution in [1.82, 2.24) is 16.0 Å². The maximum absolute atomic E-state index is 12.5. The number of hydrogen-bond acceptors (Lipinski definition) is 8. The predicted octanol–water partition coefficient (Wildman–Crippen LogP) is -3.26. The lowest BCUT2D eigenvalue weighted by Crippen LogP contribution is -2.57. The summed E-state index contributed by atoms with van der Waals surface area (Å²) >= 11 is 0. The van der Waals surface area contributed by atoms with E-state index in [0.29, 0.717) is 19.4 Å². The molecule has 0 saturated heterocycles. The molecule has 11 N–H and O–H groups in total. The monoisotopic (exact) mass is 460 g/mol. The molecule has 0 fully saturated rings. The first kappa shape index (κ1) is 28.7. The Labute approximate surface area is 184 Å². The second-order valence-corrected chi connectivity index (χ2v) is 7.18. The molecule has 0 aliphatic carbocycles. The van der Waals surface area contributed by atoms with Crippen LogP contribution in [0.3, 0.4) is 0 Å². The number of rotatable bonds is 16. The first-order valence-electron chi connectivity index (χ1n) is 9.98. The fourth-order valence-electron chi connectivity index (χ4n) is 2.53. The van der Waals surface area contributed by atoms with Gasteiger partial charge in [-0.2, -0.15) is 0 Å². The molecule has 14 heteroatoms. The average molecular weight is 460 g/mol. The van der Waals surface area contributed by atoms with E-state index >= 15 is 0 Å². The van der Waals surface area contributed by atoms with E-state index in [-0.39, 0.29) is 19.3 Å². The van der Waals surface area contributed by atoms with Crippen molar-refractivity contribution in [3.05, 3.63) is 0 Å². The summed E-state index contributed by atoms with van der Waals surface area (Å²) in [5.74, 6) is -5.93. The topological polar surface area (TPSA) is 257 Å². The quantitative estimate of drug-likeness (QED) is 0.107. The van der Waals surface area contributed by atoms with Crippen LogP contribution in [0.4, 0.5) is 0 Å². The molecule has 4 unspecified atom stereocenters. The number of carboxylic acid groups (broad SMARTS) is 2. The lowest BCUT2D eigenvalue weighted by molar-refractivity contribution is -0.142. The van der Waals surface area contributed by atoms with Crippen LogP contribution in [0.5, 0.6) is 0 Å². The standard InChI is InChI=1S/C18H32N6O8/c1-9(22-16(29)10(20)5-6-14(26)27)15(28)24-12(8-13(21)25)17(30)23-11(18(31)32)4-2-3-7-19/h9-12H,2-8,19-20H2,1H3,(H2,21,25)(H,22,29)(H,23,30)(H,24,28)(H,26,27)(H,31,32). The lowest BCUT2D eigenvalue weighted by atomic mass is 10.1. The summed E-state index contributed by atoms with van der Waals surface area (Å²) in [6.45, 7) is 1.63. The molecular weight excluding hydrogens is 428 g/mol. The van der Waals surface area contributed by atoms with E-state index in [1.807, 2.05) is 0 Å². The van der Waals surface area contributed by atoms with Gasteiger partial charge in [-0.3, -0.25) is 24.0 Å². The number of carbonyl (C=O) groups is 6. The number of amides is 4. The van der Waals surface area contributed by atoms with Gasteiger partial charge >= 0.3 is 11.9 Å². The van der Waals surface area contributed by atoms with Crippen molar-refractivity contribution in [3.8, 4) is 0 Å². The first-order valence-corrected chi connectivity index (χ1v) is 9.98. The Morgan fingerprint density at radius 3 is 1.94 bits per heavy atom. The van der Waals surface area contributed by atoms with Crippen LogP contribution in [-0.4, -0.2) is 76.5 Å². The molecule has 0 spiro atoms. The molecule has 32 heavy (non-hydrogen) atoms. The Bertz CT molecular complexity index is 701. The van der Waals surface area contributed by atoms with Crippen molar-refractivity contribution < 1.29 is 39.0 Å². The molecule has 4 atom stereocenters. The van der Waals surface area contributed by atoms with Crippen LogP contribution in [0.15, 0.2) is 0 Å². The van der Waals surface area contributed by atoms with E-state index in [4.69, 9.17) is 22.3 Å². The molecule has 0 aromatic heterocycles. The molecule has 14 nitrogen and oxygen atoms in total. The van der Waals surface area contributed by atoms with Crippen LogP contribution in [0.1, 0.15) is 45.4 Å². The zero-order valence-electron chi connectivity index (χ0n) is 17.8. The van der Waals surface area contributed by atoms with Crippen LogP contribution < -0.4 is 33.2 Å². The zero-order chi connectivity index (χ0) is 24.8. The van der Waals surface area contributed by atoms with Gasteiger partial charge in [-0.25, -0.2) is 4.79 Å².